The lowest BCUT2D eigenvalue weighted by Crippen LogP contribution is -2.28. The smallest absolute Gasteiger partial charge is 0.351 e. The molecule has 0 aromatic carbocycles. The molecule has 102 valence electrons. The van der Waals surface area contributed by atoms with Crippen LogP contribution >= 0.6 is 0 Å². The van der Waals surface area contributed by atoms with Gasteiger partial charge in [-0.25, -0.2) is 4.79 Å². The third kappa shape index (κ3) is 2.61. The molecule has 0 amide bonds. The van der Waals surface area contributed by atoms with Gasteiger partial charge in [-0.05, 0) is 6.92 Å². The molecule has 1 fully saturated rings. The number of aromatic nitrogens is 2. The van der Waals surface area contributed by atoms with Crippen molar-refractivity contribution in [2.45, 2.75) is 31.8 Å². The van der Waals surface area contributed by atoms with Crippen molar-refractivity contribution in [2.24, 2.45) is 0 Å². The van der Waals surface area contributed by atoms with E-state index in [1.807, 2.05) is 0 Å². The summed E-state index contributed by atoms with van der Waals surface area (Å²) in [7, 11) is 0. The molecule has 0 radical (unpaired) electrons. The van der Waals surface area contributed by atoms with Crippen LogP contribution in [0, 0.1) is 11.8 Å². The summed E-state index contributed by atoms with van der Waals surface area (Å²) in [4.78, 5) is 15.5. The van der Waals surface area contributed by atoms with Crippen molar-refractivity contribution in [1.82, 2.24) is 9.55 Å². The van der Waals surface area contributed by atoms with E-state index < -0.39 is 24.1 Å². The number of nitrogens with zero attached hydrogens (tertiary/aromatic N) is 2. The first-order valence-electron chi connectivity index (χ1n) is 5.82. The molecule has 19 heavy (non-hydrogen) atoms. The van der Waals surface area contributed by atoms with Crippen LogP contribution in [0.2, 0.25) is 0 Å². The zero-order valence-electron chi connectivity index (χ0n) is 10.4. The summed E-state index contributed by atoms with van der Waals surface area (Å²) in [5.41, 5.74) is 5.45. The number of ether oxygens (including phenoxy) is 1. The molecule has 4 N–H and O–H groups in total. The quantitative estimate of drug-likeness (QED) is 0.582. The van der Waals surface area contributed by atoms with Gasteiger partial charge >= 0.3 is 5.69 Å². The van der Waals surface area contributed by atoms with E-state index in [4.69, 9.17) is 15.6 Å². The molecular weight excluding hydrogens is 250 g/mol. The Kier molecular flexibility index (Phi) is 3.85. The maximum Gasteiger partial charge on any atom is 0.351 e. The van der Waals surface area contributed by atoms with Crippen molar-refractivity contribution in [3.8, 4) is 11.8 Å². The molecule has 1 aliphatic rings. The average molecular weight is 265 g/mol. The van der Waals surface area contributed by atoms with E-state index in [0.29, 0.717) is 5.56 Å². The Morgan fingerprint density at radius 1 is 1.68 bits per heavy atom. The van der Waals surface area contributed by atoms with Crippen LogP contribution in [0.5, 0.6) is 0 Å². The molecule has 2 heterocycles. The van der Waals surface area contributed by atoms with Crippen LogP contribution in [0.3, 0.4) is 0 Å². The molecule has 0 aliphatic carbocycles. The lowest BCUT2D eigenvalue weighted by molar-refractivity contribution is -0.0458. The molecule has 2 rings (SSSR count). The second-order valence-corrected chi connectivity index (χ2v) is 4.22. The Morgan fingerprint density at radius 2 is 2.42 bits per heavy atom. The molecule has 0 saturated carbocycles. The monoisotopic (exact) mass is 265 g/mol. The zero-order valence-corrected chi connectivity index (χ0v) is 10.4. The van der Waals surface area contributed by atoms with Crippen molar-refractivity contribution in [3.63, 3.8) is 0 Å². The summed E-state index contributed by atoms with van der Waals surface area (Å²) in [6, 6.07) is 0. The Bertz CT molecular complexity index is 587. The highest BCUT2D eigenvalue weighted by molar-refractivity contribution is 5.48. The Labute approximate surface area is 109 Å². The van der Waals surface area contributed by atoms with Gasteiger partial charge in [0.1, 0.15) is 18.1 Å². The van der Waals surface area contributed by atoms with Gasteiger partial charge in [-0.3, -0.25) is 4.57 Å². The topological polar surface area (TPSA) is 111 Å². The summed E-state index contributed by atoms with van der Waals surface area (Å²) in [5.74, 6) is 5.48. The number of rotatable bonds is 2. The number of anilines is 1. The van der Waals surface area contributed by atoms with Gasteiger partial charge in [-0.15, -0.1) is 5.92 Å². The van der Waals surface area contributed by atoms with E-state index >= 15 is 0 Å². The minimum Gasteiger partial charge on any atom is -0.394 e. The van der Waals surface area contributed by atoms with Crippen molar-refractivity contribution in [1.29, 1.82) is 0 Å². The van der Waals surface area contributed by atoms with Gasteiger partial charge in [-0.1, -0.05) is 5.92 Å². The number of hydrogen-bond donors (Lipinski definition) is 3. The van der Waals surface area contributed by atoms with Crippen molar-refractivity contribution in [2.75, 3.05) is 12.3 Å². The molecule has 0 spiro atoms. The van der Waals surface area contributed by atoms with Crippen LogP contribution in [-0.4, -0.2) is 38.6 Å². The summed E-state index contributed by atoms with van der Waals surface area (Å²) in [6.07, 6.45) is -0.533. The number of nitrogen functional groups attached to an aromatic ring is 1. The van der Waals surface area contributed by atoms with Gasteiger partial charge in [0.15, 0.2) is 0 Å². The van der Waals surface area contributed by atoms with Crippen molar-refractivity contribution >= 4 is 5.82 Å². The Morgan fingerprint density at radius 3 is 3.00 bits per heavy atom. The van der Waals surface area contributed by atoms with Crippen LogP contribution in [0.15, 0.2) is 11.0 Å². The fourth-order valence-electron chi connectivity index (χ4n) is 1.97. The van der Waals surface area contributed by atoms with Crippen LogP contribution in [-0.2, 0) is 4.74 Å². The van der Waals surface area contributed by atoms with Gasteiger partial charge < -0.3 is 20.7 Å². The third-order valence-electron chi connectivity index (χ3n) is 2.94. The Hall–Kier alpha value is -1.88. The summed E-state index contributed by atoms with van der Waals surface area (Å²) in [6.45, 7) is 1.34. The predicted octanol–water partition coefficient (Wildman–Crippen LogP) is -1.16. The number of aliphatic hydroxyl groups excluding tert-OH is 2. The second kappa shape index (κ2) is 5.40. The van der Waals surface area contributed by atoms with Gasteiger partial charge in [0, 0.05) is 12.6 Å². The predicted molar refractivity (Wildman–Crippen MR) is 67.1 cm³/mol. The molecule has 7 heteroatoms. The van der Waals surface area contributed by atoms with Gasteiger partial charge in [0.05, 0.1) is 18.3 Å². The summed E-state index contributed by atoms with van der Waals surface area (Å²) < 4.78 is 6.63. The first-order valence-corrected chi connectivity index (χ1v) is 5.82. The van der Waals surface area contributed by atoms with Gasteiger partial charge in [-0.2, -0.15) is 4.98 Å². The van der Waals surface area contributed by atoms with Gasteiger partial charge in [0.2, 0.25) is 0 Å². The minimum atomic E-state index is -0.819. The maximum atomic E-state index is 11.8. The van der Waals surface area contributed by atoms with Crippen LogP contribution in [0.4, 0.5) is 5.82 Å². The molecule has 1 aliphatic heterocycles. The second-order valence-electron chi connectivity index (χ2n) is 4.22. The van der Waals surface area contributed by atoms with Crippen LogP contribution < -0.4 is 11.4 Å². The molecule has 1 aromatic rings. The molecule has 3 atom stereocenters. The molecular formula is C12H15N3O4. The first kappa shape index (κ1) is 13.5. The van der Waals surface area contributed by atoms with E-state index in [9.17, 15) is 9.90 Å². The SMILES string of the molecule is CC#Cc1cn([C@H]2CC(O)[C@@H](CO)O2)c(=O)nc1N. The van der Waals surface area contributed by atoms with E-state index in [1.165, 1.54) is 10.8 Å². The molecule has 1 saturated heterocycles. The number of nitrogens with two attached hydrogens (primary N) is 1. The molecule has 1 unspecified atom stereocenters. The van der Waals surface area contributed by atoms with E-state index in [0.717, 1.165) is 0 Å². The summed E-state index contributed by atoms with van der Waals surface area (Å²) in [5, 5.41) is 18.7. The standard InChI is InChI=1S/C12H15N3O4/c1-2-3-7-5-15(12(18)14-11(7)13)10-4-8(17)9(6-16)19-10/h5,8-10,16-17H,4,6H2,1H3,(H2,13,14,18)/t8?,9-,10-/m1/s1. The van der Waals surface area contributed by atoms with E-state index in [1.54, 1.807) is 6.92 Å². The lowest BCUT2D eigenvalue weighted by atomic mass is 10.2. The minimum absolute atomic E-state index is 0.0628. The fraction of sp³-hybridized carbons (Fsp3) is 0.500. The van der Waals surface area contributed by atoms with Crippen LogP contribution in [0.1, 0.15) is 25.1 Å². The van der Waals surface area contributed by atoms with E-state index in [-0.39, 0.29) is 18.8 Å². The average Bonchev–Trinajstić information content (AvgIpc) is 2.74. The van der Waals surface area contributed by atoms with Gasteiger partial charge in [0.25, 0.3) is 0 Å². The lowest BCUT2D eigenvalue weighted by Gasteiger charge is -2.14. The molecule has 1 aromatic heterocycles. The third-order valence-corrected chi connectivity index (χ3v) is 2.94. The normalized spacial score (nSPS) is 25.9. The summed E-state index contributed by atoms with van der Waals surface area (Å²) >= 11 is 0. The van der Waals surface area contributed by atoms with E-state index in [2.05, 4.69) is 16.8 Å². The highest BCUT2D eigenvalue weighted by atomic mass is 16.5. The Balaban J connectivity index is 2.37. The number of hydrogen-bond acceptors (Lipinski definition) is 6. The van der Waals surface area contributed by atoms with Crippen molar-refractivity contribution in [3.05, 3.63) is 22.2 Å². The maximum absolute atomic E-state index is 11.8. The first-order chi connectivity index (χ1) is 9.06. The highest BCUT2D eigenvalue weighted by Gasteiger charge is 2.35. The van der Waals surface area contributed by atoms with Crippen molar-refractivity contribution < 1.29 is 14.9 Å². The fourth-order valence-corrected chi connectivity index (χ4v) is 1.97. The highest BCUT2D eigenvalue weighted by Crippen LogP contribution is 2.27. The zero-order chi connectivity index (χ0) is 14.0. The molecule has 0 bridgehead atoms. The van der Waals surface area contributed by atoms with Crippen LogP contribution in [0.25, 0.3) is 0 Å². The molecule has 7 nitrogen and oxygen atoms in total. The largest absolute Gasteiger partial charge is 0.394 e. The number of aliphatic hydroxyl groups is 2.